The molecular formula is C25H28BrN3O5S. The number of amides is 3. The van der Waals surface area contributed by atoms with Crippen LogP contribution in [0, 0.1) is 0 Å². The molecular weight excluding hydrogens is 534 g/mol. The van der Waals surface area contributed by atoms with Gasteiger partial charge in [-0.1, -0.05) is 59.5 Å². The molecule has 0 radical (unpaired) electrons. The number of sulfonamides is 1. The van der Waals surface area contributed by atoms with Crippen molar-refractivity contribution in [3.05, 3.63) is 64.1 Å². The highest BCUT2D eigenvalue weighted by Gasteiger charge is 2.43. The van der Waals surface area contributed by atoms with Crippen LogP contribution in [0.2, 0.25) is 0 Å². The van der Waals surface area contributed by atoms with Crippen LogP contribution in [0.1, 0.15) is 54.9 Å². The lowest BCUT2D eigenvalue weighted by atomic mass is 9.95. The van der Waals surface area contributed by atoms with Crippen LogP contribution in [0.25, 0.3) is 0 Å². The average molecular weight is 562 g/mol. The highest BCUT2D eigenvalue weighted by Crippen LogP contribution is 2.30. The summed E-state index contributed by atoms with van der Waals surface area (Å²) in [6.07, 6.45) is 5.05. The Morgan fingerprint density at radius 1 is 1.09 bits per heavy atom. The van der Waals surface area contributed by atoms with Crippen molar-refractivity contribution in [1.82, 2.24) is 14.5 Å². The molecule has 2 aromatic carbocycles. The van der Waals surface area contributed by atoms with E-state index in [4.69, 9.17) is 0 Å². The first-order chi connectivity index (χ1) is 16.7. The van der Waals surface area contributed by atoms with Crippen LogP contribution in [-0.2, 0) is 26.2 Å². The molecule has 186 valence electrons. The van der Waals surface area contributed by atoms with Gasteiger partial charge in [-0.3, -0.25) is 14.4 Å². The van der Waals surface area contributed by atoms with Crippen LogP contribution >= 0.6 is 15.9 Å². The minimum atomic E-state index is -4.14. The third-order valence-electron chi connectivity index (χ3n) is 6.58. The molecule has 2 aromatic rings. The first kappa shape index (κ1) is 25.4. The van der Waals surface area contributed by atoms with E-state index in [0.717, 1.165) is 42.1 Å². The van der Waals surface area contributed by atoms with Crippen LogP contribution in [0.4, 0.5) is 0 Å². The zero-order valence-corrected chi connectivity index (χ0v) is 21.8. The molecule has 1 N–H and O–H groups in total. The zero-order valence-electron chi connectivity index (χ0n) is 19.4. The molecule has 0 bridgehead atoms. The summed E-state index contributed by atoms with van der Waals surface area (Å²) < 4.78 is 27.4. The van der Waals surface area contributed by atoms with Gasteiger partial charge in [0.1, 0.15) is 17.5 Å². The number of rotatable bonds is 7. The Labute approximate surface area is 213 Å². The van der Waals surface area contributed by atoms with Crippen molar-refractivity contribution in [3.63, 3.8) is 0 Å². The van der Waals surface area contributed by atoms with Gasteiger partial charge in [0.25, 0.3) is 15.9 Å². The molecule has 1 atom stereocenters. The van der Waals surface area contributed by atoms with Gasteiger partial charge in [0.05, 0.1) is 5.56 Å². The second-order valence-electron chi connectivity index (χ2n) is 8.98. The summed E-state index contributed by atoms with van der Waals surface area (Å²) in [6.45, 7) is 1.05. The van der Waals surface area contributed by atoms with E-state index in [1.165, 1.54) is 23.1 Å². The highest BCUT2D eigenvalue weighted by atomic mass is 79.9. The van der Waals surface area contributed by atoms with Crippen molar-refractivity contribution in [2.45, 2.75) is 62.6 Å². The zero-order chi connectivity index (χ0) is 25.2. The SMILES string of the molecule is C[C@H](C(=O)NC1CCCCC1)N(Cc1ccc(Br)cc1)C(=O)CN1C(=O)c2ccccc2S1(=O)=O. The Hall–Kier alpha value is -2.72. The predicted octanol–water partition coefficient (Wildman–Crippen LogP) is 3.46. The maximum atomic E-state index is 13.5. The molecule has 35 heavy (non-hydrogen) atoms. The van der Waals surface area contributed by atoms with Gasteiger partial charge in [0.2, 0.25) is 11.8 Å². The molecule has 1 fully saturated rings. The summed E-state index contributed by atoms with van der Waals surface area (Å²) in [6, 6.07) is 12.4. The first-order valence-corrected chi connectivity index (χ1v) is 13.9. The van der Waals surface area contributed by atoms with Gasteiger partial charge >= 0.3 is 0 Å². The molecule has 0 aromatic heterocycles. The molecule has 0 saturated heterocycles. The van der Waals surface area contributed by atoms with E-state index in [-0.39, 0.29) is 29.0 Å². The maximum Gasteiger partial charge on any atom is 0.269 e. The van der Waals surface area contributed by atoms with Crippen molar-refractivity contribution >= 4 is 43.7 Å². The fourth-order valence-corrected chi connectivity index (χ4v) is 6.32. The minimum Gasteiger partial charge on any atom is -0.352 e. The Morgan fingerprint density at radius 2 is 1.74 bits per heavy atom. The van der Waals surface area contributed by atoms with Crippen LogP contribution < -0.4 is 5.32 Å². The number of hydrogen-bond donors (Lipinski definition) is 1. The Kier molecular flexibility index (Phi) is 7.61. The second kappa shape index (κ2) is 10.5. The van der Waals surface area contributed by atoms with Crippen LogP contribution in [0.5, 0.6) is 0 Å². The second-order valence-corrected chi connectivity index (χ2v) is 11.7. The molecule has 0 unspecified atom stereocenters. The van der Waals surface area contributed by atoms with Crippen molar-refractivity contribution in [1.29, 1.82) is 0 Å². The van der Waals surface area contributed by atoms with E-state index in [9.17, 15) is 22.8 Å². The lowest BCUT2D eigenvalue weighted by Gasteiger charge is -2.32. The van der Waals surface area contributed by atoms with Gasteiger partial charge in [-0.2, -0.15) is 0 Å². The molecule has 1 aliphatic heterocycles. The molecule has 4 rings (SSSR count). The molecule has 8 nitrogen and oxygen atoms in total. The van der Waals surface area contributed by atoms with Gasteiger partial charge in [0, 0.05) is 17.1 Å². The molecule has 1 saturated carbocycles. The predicted molar refractivity (Wildman–Crippen MR) is 134 cm³/mol. The number of nitrogens with one attached hydrogen (secondary N) is 1. The lowest BCUT2D eigenvalue weighted by Crippen LogP contribution is -2.52. The van der Waals surface area contributed by atoms with Crippen molar-refractivity contribution < 1.29 is 22.8 Å². The quantitative estimate of drug-likeness (QED) is 0.557. The number of halogens is 1. The normalized spacial score (nSPS) is 18.1. The van der Waals surface area contributed by atoms with Gasteiger partial charge in [0.15, 0.2) is 0 Å². The summed E-state index contributed by atoms with van der Waals surface area (Å²) in [5, 5.41) is 3.04. The Bertz CT molecular complexity index is 1230. The summed E-state index contributed by atoms with van der Waals surface area (Å²) in [7, 11) is -4.14. The number of benzene rings is 2. The summed E-state index contributed by atoms with van der Waals surface area (Å²) in [5.41, 5.74) is 0.820. The van der Waals surface area contributed by atoms with E-state index in [1.807, 2.05) is 24.3 Å². The topological polar surface area (TPSA) is 104 Å². The average Bonchev–Trinajstić information content (AvgIpc) is 3.04. The van der Waals surface area contributed by atoms with E-state index in [1.54, 1.807) is 13.0 Å². The van der Waals surface area contributed by atoms with Crippen LogP contribution in [-0.4, -0.2) is 54.0 Å². The first-order valence-electron chi connectivity index (χ1n) is 11.7. The number of hydrogen-bond acceptors (Lipinski definition) is 5. The highest BCUT2D eigenvalue weighted by molar-refractivity contribution is 9.10. The number of carbonyl (C=O) groups is 3. The molecule has 10 heteroatoms. The van der Waals surface area contributed by atoms with Gasteiger partial charge in [-0.05, 0) is 49.6 Å². The van der Waals surface area contributed by atoms with Gasteiger partial charge < -0.3 is 10.2 Å². The van der Waals surface area contributed by atoms with E-state index in [0.29, 0.717) is 4.31 Å². The van der Waals surface area contributed by atoms with E-state index < -0.39 is 34.4 Å². The fraction of sp³-hybridized carbons (Fsp3) is 0.400. The molecule has 3 amide bonds. The smallest absolute Gasteiger partial charge is 0.269 e. The minimum absolute atomic E-state index is 0.0443. The summed E-state index contributed by atoms with van der Waals surface area (Å²) in [4.78, 5) is 40.6. The van der Waals surface area contributed by atoms with E-state index in [2.05, 4.69) is 21.2 Å². The Balaban J connectivity index is 1.56. The molecule has 2 aliphatic rings. The van der Waals surface area contributed by atoms with Crippen molar-refractivity contribution in [2.75, 3.05) is 6.54 Å². The number of fused-ring (bicyclic) bond motifs is 1. The maximum absolute atomic E-state index is 13.5. The van der Waals surface area contributed by atoms with Crippen LogP contribution in [0.15, 0.2) is 57.9 Å². The lowest BCUT2D eigenvalue weighted by molar-refractivity contribution is -0.140. The Morgan fingerprint density at radius 3 is 2.40 bits per heavy atom. The summed E-state index contributed by atoms with van der Waals surface area (Å²) in [5.74, 6) is -1.65. The van der Waals surface area contributed by atoms with Crippen LogP contribution in [0.3, 0.4) is 0 Å². The standard InChI is InChI=1S/C25H28BrN3O5S/c1-17(24(31)27-20-7-3-2-4-8-20)28(15-18-11-13-19(26)14-12-18)23(30)16-29-25(32)21-9-5-6-10-22(21)35(29,33)34/h5-6,9-14,17,20H,2-4,7-8,15-16H2,1H3,(H,27,31)/t17-/m1/s1. The number of nitrogens with zero attached hydrogens (tertiary/aromatic N) is 2. The third kappa shape index (κ3) is 5.43. The van der Waals surface area contributed by atoms with Gasteiger partial charge in [-0.15, -0.1) is 0 Å². The molecule has 1 heterocycles. The summed E-state index contributed by atoms with van der Waals surface area (Å²) >= 11 is 3.38. The largest absolute Gasteiger partial charge is 0.352 e. The number of carbonyl (C=O) groups excluding carboxylic acids is 3. The van der Waals surface area contributed by atoms with E-state index >= 15 is 0 Å². The molecule has 0 spiro atoms. The third-order valence-corrected chi connectivity index (χ3v) is 8.89. The molecule has 1 aliphatic carbocycles. The fourth-order valence-electron chi connectivity index (χ4n) is 4.54. The van der Waals surface area contributed by atoms with Gasteiger partial charge in [-0.25, -0.2) is 12.7 Å². The van der Waals surface area contributed by atoms with Crippen molar-refractivity contribution in [3.8, 4) is 0 Å². The monoisotopic (exact) mass is 561 g/mol. The van der Waals surface area contributed by atoms with Crippen molar-refractivity contribution in [2.24, 2.45) is 0 Å².